The van der Waals surface area contributed by atoms with Gasteiger partial charge in [0.2, 0.25) is 0 Å². The third-order valence-corrected chi connectivity index (χ3v) is 3.28. The van der Waals surface area contributed by atoms with E-state index in [1.54, 1.807) is 12.4 Å². The first-order chi connectivity index (χ1) is 9.74. The number of aromatic nitrogens is 2. The molecule has 2 aromatic heterocycles. The van der Waals surface area contributed by atoms with Crippen molar-refractivity contribution in [1.82, 2.24) is 14.8 Å². The van der Waals surface area contributed by atoms with Crippen molar-refractivity contribution in [1.29, 1.82) is 0 Å². The predicted octanol–water partition coefficient (Wildman–Crippen LogP) is 2.68. The van der Waals surface area contributed by atoms with Crippen LogP contribution in [0.3, 0.4) is 0 Å². The topological polar surface area (TPSA) is 32.3 Å². The molecule has 0 atom stereocenters. The SMILES string of the molecule is CC(C)N1[B]N(c2cc(-c3ccncc3)ccn2)C=C1. The van der Waals surface area contributed by atoms with Crippen LogP contribution in [0, 0.1) is 0 Å². The summed E-state index contributed by atoms with van der Waals surface area (Å²) in [6.45, 7) is 4.32. The van der Waals surface area contributed by atoms with Crippen LogP contribution in [0.1, 0.15) is 13.8 Å². The van der Waals surface area contributed by atoms with Crippen LogP contribution in [0.2, 0.25) is 0 Å². The van der Waals surface area contributed by atoms with Gasteiger partial charge in [0.15, 0.2) is 0 Å². The van der Waals surface area contributed by atoms with Crippen LogP contribution >= 0.6 is 0 Å². The number of nitrogens with zero attached hydrogens (tertiary/aromatic N) is 4. The predicted molar refractivity (Wildman–Crippen MR) is 81.8 cm³/mol. The minimum atomic E-state index is 0.444. The summed E-state index contributed by atoms with van der Waals surface area (Å²) >= 11 is 0. The molecule has 0 bridgehead atoms. The van der Waals surface area contributed by atoms with Gasteiger partial charge in [-0.1, -0.05) is 0 Å². The Morgan fingerprint density at radius 1 is 1.00 bits per heavy atom. The lowest BCUT2D eigenvalue weighted by molar-refractivity contribution is 0.491. The fraction of sp³-hybridized carbons (Fsp3) is 0.200. The van der Waals surface area contributed by atoms with Crippen molar-refractivity contribution in [3.05, 3.63) is 55.3 Å². The highest BCUT2D eigenvalue weighted by atomic mass is 15.3. The van der Waals surface area contributed by atoms with Crippen molar-refractivity contribution < 1.29 is 0 Å². The Balaban J connectivity index is 1.85. The maximum Gasteiger partial charge on any atom is 0.396 e. The van der Waals surface area contributed by atoms with E-state index >= 15 is 0 Å². The standard InChI is InChI=1S/C15H16BN4/c1-12(2)19-9-10-20(16-19)15-11-14(5-8-18-15)13-3-6-17-7-4-13/h3-12H,1-2H3. The van der Waals surface area contributed by atoms with Crippen molar-refractivity contribution in [3.63, 3.8) is 0 Å². The van der Waals surface area contributed by atoms with Crippen LogP contribution in [-0.4, -0.2) is 28.4 Å². The molecule has 0 fully saturated rings. The summed E-state index contributed by atoms with van der Waals surface area (Å²) < 4.78 is 0. The number of pyridine rings is 2. The Morgan fingerprint density at radius 3 is 2.45 bits per heavy atom. The Kier molecular flexibility index (Phi) is 3.42. The van der Waals surface area contributed by atoms with Gasteiger partial charge in [-0.3, -0.25) is 4.98 Å². The Labute approximate surface area is 120 Å². The summed E-state index contributed by atoms with van der Waals surface area (Å²) in [6.07, 6.45) is 9.53. The van der Waals surface area contributed by atoms with Crippen LogP contribution in [-0.2, 0) is 0 Å². The highest BCUT2D eigenvalue weighted by Gasteiger charge is 2.20. The number of anilines is 1. The lowest BCUT2D eigenvalue weighted by atomic mass is 10.0. The molecule has 0 spiro atoms. The van der Waals surface area contributed by atoms with Gasteiger partial charge in [0.1, 0.15) is 5.82 Å². The van der Waals surface area contributed by atoms with Crippen molar-refractivity contribution in [3.8, 4) is 11.1 Å². The van der Waals surface area contributed by atoms with Crippen LogP contribution in [0.5, 0.6) is 0 Å². The second-order valence-corrected chi connectivity index (χ2v) is 5.00. The number of hydrogen-bond acceptors (Lipinski definition) is 4. The molecular formula is C15H16BN4. The molecule has 0 unspecified atom stereocenters. The van der Waals surface area contributed by atoms with Crippen molar-refractivity contribution in [2.75, 3.05) is 4.81 Å². The molecule has 0 amide bonds. The molecular weight excluding hydrogens is 247 g/mol. The van der Waals surface area contributed by atoms with E-state index in [-0.39, 0.29) is 0 Å². The average molecular weight is 263 g/mol. The molecule has 4 nitrogen and oxygen atoms in total. The van der Waals surface area contributed by atoms with Gasteiger partial charge in [0.25, 0.3) is 0 Å². The third-order valence-electron chi connectivity index (χ3n) is 3.28. The monoisotopic (exact) mass is 263 g/mol. The van der Waals surface area contributed by atoms with E-state index in [1.807, 2.05) is 35.4 Å². The van der Waals surface area contributed by atoms with E-state index < -0.39 is 0 Å². The van der Waals surface area contributed by atoms with Gasteiger partial charge in [-0.15, -0.1) is 0 Å². The highest BCUT2D eigenvalue weighted by molar-refractivity contribution is 6.40. The highest BCUT2D eigenvalue weighted by Crippen LogP contribution is 2.23. The lowest BCUT2D eigenvalue weighted by Crippen LogP contribution is -2.34. The maximum atomic E-state index is 4.44. The molecule has 99 valence electrons. The number of hydrogen-bond donors (Lipinski definition) is 0. The fourth-order valence-corrected chi connectivity index (χ4v) is 2.09. The van der Waals surface area contributed by atoms with Gasteiger partial charge in [0.05, 0.1) is 0 Å². The second kappa shape index (κ2) is 5.37. The average Bonchev–Trinajstić information content (AvgIpc) is 2.98. The van der Waals surface area contributed by atoms with Gasteiger partial charge in [-0.05, 0) is 49.2 Å². The Morgan fingerprint density at radius 2 is 1.75 bits per heavy atom. The summed E-state index contributed by atoms with van der Waals surface area (Å²) in [7, 11) is 2.06. The molecule has 0 saturated carbocycles. The summed E-state index contributed by atoms with van der Waals surface area (Å²) in [4.78, 5) is 12.7. The van der Waals surface area contributed by atoms with E-state index in [1.165, 1.54) is 0 Å². The summed E-state index contributed by atoms with van der Waals surface area (Å²) in [5.74, 6) is 0.915. The molecule has 20 heavy (non-hydrogen) atoms. The van der Waals surface area contributed by atoms with Crippen LogP contribution in [0.4, 0.5) is 5.82 Å². The van der Waals surface area contributed by atoms with Crippen LogP contribution in [0.25, 0.3) is 11.1 Å². The molecule has 0 saturated heterocycles. The Hall–Kier alpha value is -2.30. The van der Waals surface area contributed by atoms with E-state index in [9.17, 15) is 0 Å². The normalized spacial score (nSPS) is 13.9. The van der Waals surface area contributed by atoms with E-state index in [0.29, 0.717) is 6.04 Å². The molecule has 0 aromatic carbocycles. The van der Waals surface area contributed by atoms with Crippen LogP contribution < -0.4 is 4.81 Å². The lowest BCUT2D eigenvalue weighted by Gasteiger charge is -2.22. The van der Waals surface area contributed by atoms with Gasteiger partial charge in [-0.25, -0.2) is 4.98 Å². The van der Waals surface area contributed by atoms with Crippen molar-refractivity contribution in [2.45, 2.75) is 19.9 Å². The molecule has 3 heterocycles. The zero-order chi connectivity index (χ0) is 13.9. The van der Waals surface area contributed by atoms with E-state index in [0.717, 1.165) is 16.9 Å². The molecule has 1 aliphatic heterocycles. The minimum absolute atomic E-state index is 0.444. The fourth-order valence-electron chi connectivity index (χ4n) is 2.09. The summed E-state index contributed by atoms with van der Waals surface area (Å²) in [5, 5.41) is 0. The summed E-state index contributed by atoms with van der Waals surface area (Å²) in [5.41, 5.74) is 2.29. The zero-order valence-corrected chi connectivity index (χ0v) is 11.6. The molecule has 0 aliphatic carbocycles. The van der Waals surface area contributed by atoms with Gasteiger partial charge >= 0.3 is 7.55 Å². The first kappa shape index (κ1) is 12.7. The first-order valence-corrected chi connectivity index (χ1v) is 6.69. The second-order valence-electron chi connectivity index (χ2n) is 5.00. The molecule has 0 N–H and O–H groups in total. The van der Waals surface area contributed by atoms with Gasteiger partial charge < -0.3 is 9.62 Å². The smallest absolute Gasteiger partial charge is 0.396 e. The largest absolute Gasteiger partial charge is 0.401 e. The molecule has 2 aromatic rings. The zero-order valence-electron chi connectivity index (χ0n) is 11.6. The molecule has 5 heteroatoms. The first-order valence-electron chi connectivity index (χ1n) is 6.69. The molecule has 3 rings (SSSR count). The summed E-state index contributed by atoms with van der Waals surface area (Å²) in [6, 6.07) is 8.55. The minimum Gasteiger partial charge on any atom is -0.401 e. The van der Waals surface area contributed by atoms with Crippen LogP contribution in [0.15, 0.2) is 55.3 Å². The van der Waals surface area contributed by atoms with Gasteiger partial charge in [-0.2, -0.15) is 0 Å². The number of rotatable bonds is 3. The molecule has 1 radical (unpaired) electrons. The van der Waals surface area contributed by atoms with E-state index in [4.69, 9.17) is 0 Å². The van der Waals surface area contributed by atoms with Crippen molar-refractivity contribution in [2.24, 2.45) is 0 Å². The maximum absolute atomic E-state index is 4.44. The molecule has 1 aliphatic rings. The quantitative estimate of drug-likeness (QED) is 0.797. The van der Waals surface area contributed by atoms with E-state index in [2.05, 4.69) is 48.4 Å². The third kappa shape index (κ3) is 2.52. The van der Waals surface area contributed by atoms with Gasteiger partial charge in [0, 0.05) is 37.0 Å². The van der Waals surface area contributed by atoms with Crippen molar-refractivity contribution >= 4 is 13.4 Å². The Bertz CT molecular complexity index is 612.